The van der Waals surface area contributed by atoms with E-state index in [1.165, 1.54) is 12.8 Å². The summed E-state index contributed by atoms with van der Waals surface area (Å²) in [6.45, 7) is 0.719. The molecule has 0 saturated heterocycles. The number of hydrogen-bond acceptors (Lipinski definition) is 3. The van der Waals surface area contributed by atoms with Crippen molar-refractivity contribution in [3.05, 3.63) is 29.8 Å². The van der Waals surface area contributed by atoms with Gasteiger partial charge in [0.1, 0.15) is 5.75 Å². The lowest BCUT2D eigenvalue weighted by Crippen LogP contribution is -2.46. The summed E-state index contributed by atoms with van der Waals surface area (Å²) in [6, 6.07) is 8.15. The van der Waals surface area contributed by atoms with Crippen LogP contribution in [0.15, 0.2) is 24.3 Å². The Balaban J connectivity index is 1.52. The van der Waals surface area contributed by atoms with Gasteiger partial charge in [-0.25, -0.2) is 0 Å². The van der Waals surface area contributed by atoms with Crippen molar-refractivity contribution < 1.29 is 9.53 Å². The molecule has 118 valence electrons. The van der Waals surface area contributed by atoms with Crippen molar-refractivity contribution in [1.29, 1.82) is 0 Å². The van der Waals surface area contributed by atoms with E-state index in [9.17, 15) is 4.79 Å². The zero-order valence-corrected chi connectivity index (χ0v) is 12.8. The molecule has 1 aromatic carbocycles. The maximum absolute atomic E-state index is 12.8. The van der Waals surface area contributed by atoms with Crippen LogP contribution in [0.5, 0.6) is 5.75 Å². The van der Waals surface area contributed by atoms with Crippen molar-refractivity contribution in [3.63, 3.8) is 0 Å². The van der Waals surface area contributed by atoms with E-state index in [1.54, 1.807) is 0 Å². The van der Waals surface area contributed by atoms with E-state index in [0.29, 0.717) is 11.8 Å². The largest absolute Gasteiger partial charge is 0.493 e. The van der Waals surface area contributed by atoms with Crippen LogP contribution in [0.3, 0.4) is 0 Å². The third-order valence-electron chi connectivity index (χ3n) is 5.79. The average Bonchev–Trinajstić information content (AvgIpc) is 3.05. The lowest BCUT2D eigenvalue weighted by atomic mass is 9.84. The molecule has 3 aliphatic rings. The first-order chi connectivity index (χ1) is 10.7. The Morgan fingerprint density at radius 1 is 1.18 bits per heavy atom. The first-order valence-corrected chi connectivity index (χ1v) is 8.51. The van der Waals surface area contributed by atoms with Crippen LogP contribution in [0.2, 0.25) is 0 Å². The predicted molar refractivity (Wildman–Crippen MR) is 84.4 cm³/mol. The number of ether oxygens (including phenoxy) is 1. The van der Waals surface area contributed by atoms with Crippen molar-refractivity contribution >= 4 is 5.91 Å². The Kier molecular flexibility index (Phi) is 3.57. The Hall–Kier alpha value is -1.55. The second-order valence-electron chi connectivity index (χ2n) is 7.03. The SMILES string of the molecule is NC1C2CCC(C2)C1C(=O)NC1CCCOc2ccccc21. The number of fused-ring (bicyclic) bond motifs is 3. The lowest BCUT2D eigenvalue weighted by molar-refractivity contribution is -0.127. The standard InChI is InChI=1S/C18H24N2O2/c19-17-12-8-7-11(10-12)16(17)18(21)20-14-5-3-9-22-15-6-2-1-4-13(14)15/h1-2,4,6,11-12,14,16-17H,3,5,7-10,19H2,(H,20,21). The minimum Gasteiger partial charge on any atom is -0.493 e. The number of nitrogens with one attached hydrogen (secondary N) is 1. The van der Waals surface area contributed by atoms with E-state index in [1.807, 2.05) is 18.2 Å². The summed E-state index contributed by atoms with van der Waals surface area (Å²) in [5.41, 5.74) is 7.41. The van der Waals surface area contributed by atoms with E-state index in [2.05, 4.69) is 11.4 Å². The van der Waals surface area contributed by atoms with Gasteiger partial charge in [-0.1, -0.05) is 18.2 Å². The molecular weight excluding hydrogens is 276 g/mol. The minimum absolute atomic E-state index is 0.00934. The maximum atomic E-state index is 12.8. The van der Waals surface area contributed by atoms with Gasteiger partial charge in [-0.15, -0.1) is 0 Å². The van der Waals surface area contributed by atoms with E-state index in [4.69, 9.17) is 10.5 Å². The van der Waals surface area contributed by atoms with Gasteiger partial charge in [-0.3, -0.25) is 4.79 Å². The number of carbonyl (C=O) groups is 1. The smallest absolute Gasteiger partial charge is 0.225 e. The van der Waals surface area contributed by atoms with E-state index in [0.717, 1.165) is 37.2 Å². The van der Waals surface area contributed by atoms with E-state index in [-0.39, 0.29) is 23.9 Å². The molecule has 4 heteroatoms. The summed E-state index contributed by atoms with van der Waals surface area (Å²) in [5, 5.41) is 3.27. The predicted octanol–water partition coefficient (Wildman–Crippen LogP) is 2.39. The van der Waals surface area contributed by atoms with Crippen LogP contribution < -0.4 is 15.8 Å². The summed E-state index contributed by atoms with van der Waals surface area (Å²) in [4.78, 5) is 12.8. The molecule has 4 nitrogen and oxygen atoms in total. The molecule has 2 aliphatic carbocycles. The van der Waals surface area contributed by atoms with Crippen molar-refractivity contribution in [3.8, 4) is 5.75 Å². The van der Waals surface area contributed by atoms with E-state index >= 15 is 0 Å². The van der Waals surface area contributed by atoms with E-state index < -0.39 is 0 Å². The van der Waals surface area contributed by atoms with Gasteiger partial charge >= 0.3 is 0 Å². The molecule has 3 N–H and O–H groups in total. The molecule has 2 fully saturated rings. The van der Waals surface area contributed by atoms with Crippen molar-refractivity contribution in [1.82, 2.24) is 5.32 Å². The molecule has 1 aliphatic heterocycles. The highest BCUT2D eigenvalue weighted by molar-refractivity contribution is 5.81. The van der Waals surface area contributed by atoms with Crippen molar-refractivity contribution in [2.75, 3.05) is 6.61 Å². The Bertz CT molecular complexity index is 572. The molecule has 0 aromatic heterocycles. The molecule has 5 atom stereocenters. The van der Waals surface area contributed by atoms with Gasteiger partial charge < -0.3 is 15.8 Å². The van der Waals surface area contributed by atoms with Gasteiger partial charge in [0.05, 0.1) is 18.6 Å². The topological polar surface area (TPSA) is 64.4 Å². The number of hydrogen-bond donors (Lipinski definition) is 2. The van der Waals surface area contributed by atoms with Gasteiger partial charge in [0.2, 0.25) is 5.91 Å². The molecule has 4 rings (SSSR count). The number of benzene rings is 1. The molecular formula is C18H24N2O2. The first kappa shape index (κ1) is 14.1. The van der Waals surface area contributed by atoms with Crippen LogP contribution in [0.25, 0.3) is 0 Å². The second-order valence-corrected chi connectivity index (χ2v) is 7.03. The molecule has 0 spiro atoms. The Morgan fingerprint density at radius 3 is 2.82 bits per heavy atom. The zero-order valence-electron chi connectivity index (χ0n) is 12.8. The van der Waals surface area contributed by atoms with Crippen LogP contribution in [-0.2, 0) is 4.79 Å². The highest BCUT2D eigenvalue weighted by Crippen LogP contribution is 2.48. The highest BCUT2D eigenvalue weighted by Gasteiger charge is 2.49. The Morgan fingerprint density at radius 2 is 2.00 bits per heavy atom. The molecule has 1 aromatic rings. The van der Waals surface area contributed by atoms with Crippen LogP contribution in [0.4, 0.5) is 0 Å². The molecule has 1 amide bonds. The fourth-order valence-corrected chi connectivity index (χ4v) is 4.67. The fraction of sp³-hybridized carbons (Fsp3) is 0.611. The first-order valence-electron chi connectivity index (χ1n) is 8.51. The van der Waals surface area contributed by atoms with Gasteiger partial charge in [0.15, 0.2) is 0 Å². The number of para-hydroxylation sites is 1. The second kappa shape index (κ2) is 5.58. The molecule has 5 unspecified atom stereocenters. The summed E-state index contributed by atoms with van der Waals surface area (Å²) in [7, 11) is 0. The summed E-state index contributed by atoms with van der Waals surface area (Å²) in [6.07, 6.45) is 5.40. The maximum Gasteiger partial charge on any atom is 0.225 e. The molecule has 2 bridgehead atoms. The third-order valence-corrected chi connectivity index (χ3v) is 5.79. The summed E-state index contributed by atoms with van der Waals surface area (Å²) >= 11 is 0. The van der Waals surface area contributed by atoms with Gasteiger partial charge in [0.25, 0.3) is 0 Å². The minimum atomic E-state index is 0.00934. The van der Waals surface area contributed by atoms with Crippen molar-refractivity contribution in [2.24, 2.45) is 23.5 Å². The lowest BCUT2D eigenvalue weighted by Gasteiger charge is -2.29. The van der Waals surface area contributed by atoms with Gasteiger partial charge in [-0.05, 0) is 50.0 Å². The third kappa shape index (κ3) is 2.30. The number of carbonyl (C=O) groups excluding carboxylic acids is 1. The number of nitrogens with two attached hydrogens (primary N) is 1. The quantitative estimate of drug-likeness (QED) is 0.881. The molecule has 0 radical (unpaired) electrons. The fourth-order valence-electron chi connectivity index (χ4n) is 4.67. The monoisotopic (exact) mass is 300 g/mol. The highest BCUT2D eigenvalue weighted by atomic mass is 16.5. The summed E-state index contributed by atoms with van der Waals surface area (Å²) < 4.78 is 5.78. The Labute approximate surface area is 131 Å². The average molecular weight is 300 g/mol. The van der Waals surface area contributed by atoms with Crippen LogP contribution in [0, 0.1) is 17.8 Å². The molecule has 1 heterocycles. The van der Waals surface area contributed by atoms with Crippen LogP contribution in [-0.4, -0.2) is 18.6 Å². The molecule has 2 saturated carbocycles. The summed E-state index contributed by atoms with van der Waals surface area (Å²) in [5.74, 6) is 2.13. The van der Waals surface area contributed by atoms with Crippen LogP contribution in [0.1, 0.15) is 43.7 Å². The number of amides is 1. The molecule has 22 heavy (non-hydrogen) atoms. The van der Waals surface area contributed by atoms with Crippen molar-refractivity contribution in [2.45, 2.75) is 44.2 Å². The zero-order chi connectivity index (χ0) is 15.1. The normalized spacial score (nSPS) is 36.3. The van der Waals surface area contributed by atoms with Crippen LogP contribution >= 0.6 is 0 Å². The van der Waals surface area contributed by atoms with Gasteiger partial charge in [-0.2, -0.15) is 0 Å². The van der Waals surface area contributed by atoms with Gasteiger partial charge in [0, 0.05) is 11.6 Å². The number of rotatable bonds is 2.